The molecule has 0 bridgehead atoms. The average molecular weight is 416 g/mol. The van der Waals surface area contributed by atoms with Gasteiger partial charge in [-0.1, -0.05) is 42.5 Å². The second-order valence-corrected chi connectivity index (χ2v) is 9.11. The third kappa shape index (κ3) is 3.13. The van der Waals surface area contributed by atoms with E-state index in [1.807, 2.05) is 61.5 Å². The molecule has 2 heterocycles. The number of rotatable bonds is 3. The van der Waals surface area contributed by atoms with E-state index in [-0.39, 0.29) is 5.91 Å². The number of amides is 1. The molecule has 5 nitrogen and oxygen atoms in total. The van der Waals surface area contributed by atoms with E-state index >= 15 is 0 Å². The number of anilines is 1. The number of nitrogens with one attached hydrogen (secondary N) is 1. The molecule has 1 amide bonds. The first-order chi connectivity index (χ1) is 14.5. The van der Waals surface area contributed by atoms with Crippen LogP contribution in [0.15, 0.2) is 60.7 Å². The standard InChI is InChI=1S/C24H21N3O2S/c1-15-6-5-9-22(16(15)2)27-23(20-13-30(29)14-21(20)26-27)25-24(28)19-11-10-17-7-3-4-8-18(17)12-19/h3-12H,13-14H2,1-2H3,(H,25,28)/t30-/m1/s1. The molecule has 150 valence electrons. The van der Waals surface area contributed by atoms with Crippen molar-refractivity contribution in [2.24, 2.45) is 0 Å². The smallest absolute Gasteiger partial charge is 0.256 e. The number of aryl methyl sites for hydroxylation is 1. The number of carbonyl (C=O) groups excluding carboxylic acids is 1. The molecule has 0 fully saturated rings. The van der Waals surface area contributed by atoms with Gasteiger partial charge in [-0.15, -0.1) is 0 Å². The Balaban J connectivity index is 1.58. The van der Waals surface area contributed by atoms with E-state index in [1.54, 1.807) is 4.68 Å². The number of fused-ring (bicyclic) bond motifs is 2. The van der Waals surface area contributed by atoms with Crippen LogP contribution in [0.5, 0.6) is 0 Å². The molecule has 3 aromatic carbocycles. The molecule has 0 aliphatic carbocycles. The van der Waals surface area contributed by atoms with Crippen LogP contribution in [0.1, 0.15) is 32.7 Å². The molecule has 0 radical (unpaired) electrons. The zero-order chi connectivity index (χ0) is 20.8. The first kappa shape index (κ1) is 18.8. The van der Waals surface area contributed by atoms with Gasteiger partial charge >= 0.3 is 0 Å². The molecule has 0 saturated heterocycles. The highest BCUT2D eigenvalue weighted by atomic mass is 32.2. The van der Waals surface area contributed by atoms with Gasteiger partial charge in [-0.2, -0.15) is 5.10 Å². The second kappa shape index (κ2) is 7.22. The molecular formula is C24H21N3O2S. The van der Waals surface area contributed by atoms with E-state index in [1.165, 1.54) is 0 Å². The number of aromatic nitrogens is 2. The van der Waals surface area contributed by atoms with E-state index in [9.17, 15) is 9.00 Å². The Hall–Kier alpha value is -3.25. The lowest BCUT2D eigenvalue weighted by Gasteiger charge is -2.14. The predicted molar refractivity (Wildman–Crippen MR) is 120 cm³/mol. The molecule has 0 spiro atoms. The van der Waals surface area contributed by atoms with Crippen LogP contribution >= 0.6 is 0 Å². The van der Waals surface area contributed by atoms with Crippen molar-refractivity contribution in [1.82, 2.24) is 9.78 Å². The van der Waals surface area contributed by atoms with Gasteiger partial charge in [-0.05, 0) is 53.9 Å². The summed E-state index contributed by atoms with van der Waals surface area (Å²) < 4.78 is 13.9. The highest BCUT2D eigenvalue weighted by Crippen LogP contribution is 2.33. The normalized spacial score (nSPS) is 15.3. The summed E-state index contributed by atoms with van der Waals surface area (Å²) in [6, 6.07) is 19.7. The van der Waals surface area contributed by atoms with Crippen LogP contribution in [-0.2, 0) is 22.3 Å². The minimum Gasteiger partial charge on any atom is -0.306 e. The van der Waals surface area contributed by atoms with E-state index in [0.717, 1.165) is 38.8 Å². The molecule has 1 N–H and O–H groups in total. The van der Waals surface area contributed by atoms with E-state index < -0.39 is 10.8 Å². The Morgan fingerprint density at radius 1 is 1.00 bits per heavy atom. The summed E-state index contributed by atoms with van der Waals surface area (Å²) in [6.07, 6.45) is 0. The number of carbonyl (C=O) groups is 1. The summed E-state index contributed by atoms with van der Waals surface area (Å²) in [4.78, 5) is 13.1. The van der Waals surface area contributed by atoms with E-state index in [0.29, 0.717) is 22.9 Å². The molecule has 6 heteroatoms. The Bertz CT molecular complexity index is 1340. The summed E-state index contributed by atoms with van der Waals surface area (Å²) in [7, 11) is -0.978. The Kier molecular flexibility index (Phi) is 4.51. The summed E-state index contributed by atoms with van der Waals surface area (Å²) in [5, 5.41) is 9.89. The Labute approximate surface area is 177 Å². The number of hydrogen-bond donors (Lipinski definition) is 1. The predicted octanol–water partition coefficient (Wildman–Crippen LogP) is 4.66. The molecule has 5 rings (SSSR count). The largest absolute Gasteiger partial charge is 0.306 e. The van der Waals surface area contributed by atoms with Crippen molar-refractivity contribution in [3.05, 3.63) is 88.6 Å². The van der Waals surface area contributed by atoms with Crippen LogP contribution in [0, 0.1) is 13.8 Å². The van der Waals surface area contributed by atoms with Crippen LogP contribution in [0.3, 0.4) is 0 Å². The van der Waals surface area contributed by atoms with Crippen molar-refractivity contribution < 1.29 is 9.00 Å². The molecule has 1 atom stereocenters. The molecule has 30 heavy (non-hydrogen) atoms. The monoisotopic (exact) mass is 415 g/mol. The van der Waals surface area contributed by atoms with Gasteiger partial charge in [0.1, 0.15) is 5.82 Å². The van der Waals surface area contributed by atoms with E-state index in [4.69, 9.17) is 5.10 Å². The van der Waals surface area contributed by atoms with Crippen LogP contribution in [0.2, 0.25) is 0 Å². The van der Waals surface area contributed by atoms with Gasteiger partial charge in [-0.3, -0.25) is 9.00 Å². The van der Waals surface area contributed by atoms with Gasteiger partial charge in [0.25, 0.3) is 5.91 Å². The lowest BCUT2D eigenvalue weighted by Crippen LogP contribution is -2.17. The van der Waals surface area contributed by atoms with Crippen molar-refractivity contribution in [3.63, 3.8) is 0 Å². The van der Waals surface area contributed by atoms with Crippen LogP contribution in [-0.4, -0.2) is 19.9 Å². The maximum absolute atomic E-state index is 13.1. The number of hydrogen-bond acceptors (Lipinski definition) is 3. The summed E-state index contributed by atoms with van der Waals surface area (Å²) >= 11 is 0. The minimum atomic E-state index is -0.978. The molecule has 1 aromatic heterocycles. The average Bonchev–Trinajstić information content (AvgIpc) is 3.26. The highest BCUT2D eigenvalue weighted by molar-refractivity contribution is 7.83. The molecule has 1 aliphatic rings. The fraction of sp³-hybridized carbons (Fsp3) is 0.167. The quantitative estimate of drug-likeness (QED) is 0.529. The van der Waals surface area contributed by atoms with E-state index in [2.05, 4.69) is 18.3 Å². The summed E-state index contributed by atoms with van der Waals surface area (Å²) in [5.41, 5.74) is 5.41. The fourth-order valence-corrected chi connectivity index (χ4v) is 5.17. The molecular weight excluding hydrogens is 394 g/mol. The lowest BCUT2D eigenvalue weighted by molar-refractivity contribution is 0.102. The van der Waals surface area contributed by atoms with Crippen LogP contribution < -0.4 is 5.32 Å². The van der Waals surface area contributed by atoms with Gasteiger partial charge in [0.2, 0.25) is 0 Å². The third-order valence-electron chi connectivity index (χ3n) is 5.72. The van der Waals surface area contributed by atoms with Crippen LogP contribution in [0.4, 0.5) is 5.82 Å². The van der Waals surface area contributed by atoms with Crippen molar-refractivity contribution in [1.29, 1.82) is 0 Å². The molecule has 1 aliphatic heterocycles. The highest BCUT2D eigenvalue weighted by Gasteiger charge is 2.29. The van der Waals surface area contributed by atoms with Crippen LogP contribution in [0.25, 0.3) is 16.5 Å². The van der Waals surface area contributed by atoms with Gasteiger partial charge < -0.3 is 5.32 Å². The van der Waals surface area contributed by atoms with Crippen molar-refractivity contribution in [3.8, 4) is 5.69 Å². The summed E-state index contributed by atoms with van der Waals surface area (Å²) in [6.45, 7) is 4.10. The first-order valence-corrected chi connectivity index (χ1v) is 11.3. The SMILES string of the molecule is Cc1cccc(-n2nc3c(c2NC(=O)c2ccc4ccccc4c2)C[S@@](=O)C3)c1C. The topological polar surface area (TPSA) is 64.0 Å². The third-order valence-corrected chi connectivity index (χ3v) is 6.92. The number of benzene rings is 3. The molecule has 0 saturated carbocycles. The first-order valence-electron chi connectivity index (χ1n) is 9.84. The maximum Gasteiger partial charge on any atom is 0.256 e. The van der Waals surface area contributed by atoms with Crippen molar-refractivity contribution in [2.75, 3.05) is 5.32 Å². The van der Waals surface area contributed by atoms with Gasteiger partial charge in [0.05, 0.1) is 22.9 Å². The van der Waals surface area contributed by atoms with Crippen molar-refractivity contribution >= 4 is 33.3 Å². The zero-order valence-corrected chi connectivity index (χ0v) is 17.6. The number of nitrogens with zero attached hydrogens (tertiary/aromatic N) is 2. The fourth-order valence-electron chi connectivity index (χ4n) is 3.91. The lowest BCUT2D eigenvalue weighted by atomic mass is 10.1. The Morgan fingerprint density at radius 3 is 2.63 bits per heavy atom. The summed E-state index contributed by atoms with van der Waals surface area (Å²) in [5.74, 6) is 1.25. The Morgan fingerprint density at radius 2 is 1.80 bits per heavy atom. The molecule has 4 aromatic rings. The maximum atomic E-state index is 13.1. The van der Waals surface area contributed by atoms with Gasteiger partial charge in [-0.25, -0.2) is 4.68 Å². The van der Waals surface area contributed by atoms with Crippen molar-refractivity contribution in [2.45, 2.75) is 25.4 Å². The zero-order valence-electron chi connectivity index (χ0n) is 16.8. The van der Waals surface area contributed by atoms with Gasteiger partial charge in [0, 0.05) is 21.9 Å². The second-order valence-electron chi connectivity index (χ2n) is 7.65. The van der Waals surface area contributed by atoms with Gasteiger partial charge in [0.15, 0.2) is 0 Å². The minimum absolute atomic E-state index is 0.201. The molecule has 0 unspecified atom stereocenters.